The normalized spacial score (nSPS) is 11.6. The van der Waals surface area contributed by atoms with Crippen LogP contribution in [0.4, 0.5) is 0 Å². The number of methoxy groups -OCH3 is 1. The molecule has 6 heteroatoms. The lowest BCUT2D eigenvalue weighted by atomic mass is 10.1. The van der Waals surface area contributed by atoms with E-state index < -0.39 is 0 Å². The maximum Gasteiger partial charge on any atom is 0.291 e. The van der Waals surface area contributed by atoms with Crippen LogP contribution in [-0.4, -0.2) is 28.9 Å². The molecule has 0 fully saturated rings. The average molecular weight is 300 g/mol. The first-order chi connectivity index (χ1) is 10.5. The summed E-state index contributed by atoms with van der Waals surface area (Å²) in [4.78, 5) is 12.0. The lowest BCUT2D eigenvalue weighted by molar-refractivity contribution is 0.0950. The summed E-state index contributed by atoms with van der Waals surface area (Å²) in [6.45, 7) is 5.88. The number of amides is 1. The maximum absolute atomic E-state index is 12.0. The number of aromatic amines is 1. The van der Waals surface area contributed by atoms with Gasteiger partial charge >= 0.3 is 0 Å². The van der Waals surface area contributed by atoms with Gasteiger partial charge in [0.1, 0.15) is 5.75 Å². The van der Waals surface area contributed by atoms with E-state index in [0.29, 0.717) is 17.3 Å². The van der Waals surface area contributed by atoms with E-state index in [-0.39, 0.29) is 5.91 Å². The molecule has 22 heavy (non-hydrogen) atoms. The highest BCUT2D eigenvalue weighted by Gasteiger charge is 2.11. The number of carbonyl (C=O) groups is 1. The number of aromatic nitrogens is 2. The van der Waals surface area contributed by atoms with Crippen LogP contribution in [0.25, 0.3) is 0 Å². The van der Waals surface area contributed by atoms with Gasteiger partial charge in [-0.2, -0.15) is 10.2 Å². The average Bonchev–Trinajstić information content (AvgIpc) is 3.02. The van der Waals surface area contributed by atoms with E-state index in [1.807, 2.05) is 45.0 Å². The van der Waals surface area contributed by atoms with Crippen LogP contribution in [0, 0.1) is 0 Å². The Morgan fingerprint density at radius 3 is 2.55 bits per heavy atom. The summed E-state index contributed by atoms with van der Waals surface area (Å²) in [5.74, 6) is 0.730. The van der Waals surface area contributed by atoms with Crippen molar-refractivity contribution in [1.82, 2.24) is 15.6 Å². The number of hydrazone groups is 1. The van der Waals surface area contributed by atoms with Crippen molar-refractivity contribution < 1.29 is 9.53 Å². The molecular formula is C16H20N4O2. The summed E-state index contributed by atoms with van der Waals surface area (Å²) in [6.07, 6.45) is 0. The molecule has 2 N–H and O–H groups in total. The molecule has 6 nitrogen and oxygen atoms in total. The number of hydrogen-bond donors (Lipinski definition) is 2. The van der Waals surface area contributed by atoms with Gasteiger partial charge in [-0.1, -0.05) is 13.8 Å². The smallest absolute Gasteiger partial charge is 0.291 e. The highest BCUT2D eigenvalue weighted by molar-refractivity contribution is 6.00. The SMILES string of the molecule is COc1ccc(C(C)=NNC(=O)c2cc(C(C)C)[nH]n2)cc1. The molecule has 0 spiro atoms. The zero-order chi connectivity index (χ0) is 16.1. The molecular weight excluding hydrogens is 280 g/mol. The molecule has 0 aliphatic heterocycles. The minimum atomic E-state index is -0.337. The molecule has 2 aromatic rings. The van der Waals surface area contributed by atoms with Crippen LogP contribution in [0.1, 0.15) is 48.4 Å². The van der Waals surface area contributed by atoms with Crippen LogP contribution < -0.4 is 10.2 Å². The lowest BCUT2D eigenvalue weighted by Crippen LogP contribution is -2.19. The summed E-state index contributed by atoms with van der Waals surface area (Å²) in [7, 11) is 1.62. The van der Waals surface area contributed by atoms with Crippen molar-refractivity contribution in [2.45, 2.75) is 26.7 Å². The molecule has 2 rings (SSSR count). The number of nitrogens with zero attached hydrogens (tertiary/aromatic N) is 2. The van der Waals surface area contributed by atoms with Gasteiger partial charge in [-0.05, 0) is 48.7 Å². The van der Waals surface area contributed by atoms with Crippen LogP contribution >= 0.6 is 0 Å². The molecule has 0 unspecified atom stereocenters. The van der Waals surface area contributed by atoms with E-state index in [9.17, 15) is 4.79 Å². The molecule has 0 radical (unpaired) electrons. The van der Waals surface area contributed by atoms with E-state index in [0.717, 1.165) is 17.0 Å². The molecule has 1 amide bonds. The molecule has 0 saturated heterocycles. The van der Waals surface area contributed by atoms with Gasteiger partial charge in [0.2, 0.25) is 0 Å². The summed E-state index contributed by atoms with van der Waals surface area (Å²) >= 11 is 0. The summed E-state index contributed by atoms with van der Waals surface area (Å²) in [5, 5.41) is 10.9. The third kappa shape index (κ3) is 3.72. The first kappa shape index (κ1) is 15.8. The Morgan fingerprint density at radius 1 is 1.32 bits per heavy atom. The molecule has 1 aromatic heterocycles. The molecule has 1 aromatic carbocycles. The van der Waals surface area contributed by atoms with Crippen molar-refractivity contribution in [3.05, 3.63) is 47.3 Å². The van der Waals surface area contributed by atoms with E-state index in [1.165, 1.54) is 0 Å². The van der Waals surface area contributed by atoms with Crippen LogP contribution in [0.2, 0.25) is 0 Å². The molecule has 0 saturated carbocycles. The summed E-state index contributed by atoms with van der Waals surface area (Å²) in [6, 6.07) is 9.19. The number of benzene rings is 1. The van der Waals surface area contributed by atoms with Gasteiger partial charge in [0, 0.05) is 5.69 Å². The van der Waals surface area contributed by atoms with E-state index in [1.54, 1.807) is 13.2 Å². The maximum atomic E-state index is 12.0. The fourth-order valence-electron chi connectivity index (χ4n) is 1.84. The predicted molar refractivity (Wildman–Crippen MR) is 85.3 cm³/mol. The first-order valence-corrected chi connectivity index (χ1v) is 7.05. The highest BCUT2D eigenvalue weighted by atomic mass is 16.5. The number of H-pyrrole nitrogens is 1. The second-order valence-corrected chi connectivity index (χ2v) is 5.23. The van der Waals surface area contributed by atoms with Gasteiger partial charge < -0.3 is 4.74 Å². The summed E-state index contributed by atoms with van der Waals surface area (Å²) < 4.78 is 5.11. The van der Waals surface area contributed by atoms with Crippen molar-refractivity contribution >= 4 is 11.6 Å². The van der Waals surface area contributed by atoms with E-state index in [2.05, 4.69) is 20.7 Å². The monoisotopic (exact) mass is 300 g/mol. The molecule has 1 heterocycles. The minimum Gasteiger partial charge on any atom is -0.497 e. The third-order valence-corrected chi connectivity index (χ3v) is 3.29. The van der Waals surface area contributed by atoms with Crippen molar-refractivity contribution in [2.75, 3.05) is 7.11 Å². The van der Waals surface area contributed by atoms with E-state index >= 15 is 0 Å². The van der Waals surface area contributed by atoms with Gasteiger partial charge in [-0.15, -0.1) is 0 Å². The highest BCUT2D eigenvalue weighted by Crippen LogP contribution is 2.13. The molecule has 0 aliphatic carbocycles. The Morgan fingerprint density at radius 2 is 2.00 bits per heavy atom. The zero-order valence-electron chi connectivity index (χ0n) is 13.2. The van der Waals surface area contributed by atoms with Crippen molar-refractivity contribution in [3.63, 3.8) is 0 Å². The lowest BCUT2D eigenvalue weighted by Gasteiger charge is -2.03. The van der Waals surface area contributed by atoms with Crippen LogP contribution in [0.15, 0.2) is 35.4 Å². The second kappa shape index (κ2) is 6.89. The van der Waals surface area contributed by atoms with Gasteiger partial charge in [0.05, 0.1) is 12.8 Å². The molecule has 116 valence electrons. The Kier molecular flexibility index (Phi) is 4.93. The number of hydrogen-bond acceptors (Lipinski definition) is 4. The standard InChI is InChI=1S/C16H20N4O2/c1-10(2)14-9-15(19-18-14)16(21)20-17-11(3)12-5-7-13(22-4)8-6-12/h5-10H,1-4H3,(H,18,19)(H,20,21). The Labute approximate surface area is 129 Å². The fourth-order valence-corrected chi connectivity index (χ4v) is 1.84. The Bertz CT molecular complexity index is 672. The van der Waals surface area contributed by atoms with Crippen molar-refractivity contribution in [1.29, 1.82) is 0 Å². The van der Waals surface area contributed by atoms with Crippen LogP contribution in [0.3, 0.4) is 0 Å². The van der Waals surface area contributed by atoms with Gasteiger partial charge in [0.15, 0.2) is 5.69 Å². The Balaban J connectivity index is 2.03. The zero-order valence-corrected chi connectivity index (χ0v) is 13.2. The molecule has 0 bridgehead atoms. The van der Waals surface area contributed by atoms with Crippen LogP contribution in [-0.2, 0) is 0 Å². The number of nitrogens with one attached hydrogen (secondary N) is 2. The van der Waals surface area contributed by atoms with Gasteiger partial charge in [-0.3, -0.25) is 9.89 Å². The Hall–Kier alpha value is -2.63. The third-order valence-electron chi connectivity index (χ3n) is 3.29. The van der Waals surface area contributed by atoms with Gasteiger partial charge in [-0.25, -0.2) is 5.43 Å². The topological polar surface area (TPSA) is 79.4 Å². The largest absolute Gasteiger partial charge is 0.497 e. The minimum absolute atomic E-state index is 0.290. The summed E-state index contributed by atoms with van der Waals surface area (Å²) in [5.41, 5.74) is 5.37. The van der Waals surface area contributed by atoms with Crippen LogP contribution in [0.5, 0.6) is 5.75 Å². The quantitative estimate of drug-likeness (QED) is 0.658. The second-order valence-electron chi connectivity index (χ2n) is 5.23. The molecule has 0 atom stereocenters. The van der Waals surface area contributed by atoms with Crippen molar-refractivity contribution in [3.8, 4) is 5.75 Å². The van der Waals surface area contributed by atoms with Crippen molar-refractivity contribution in [2.24, 2.45) is 5.10 Å². The number of rotatable bonds is 5. The number of ether oxygens (including phenoxy) is 1. The number of carbonyl (C=O) groups excluding carboxylic acids is 1. The van der Waals surface area contributed by atoms with E-state index in [4.69, 9.17) is 4.74 Å². The predicted octanol–water partition coefficient (Wildman–Crippen LogP) is 2.70. The first-order valence-electron chi connectivity index (χ1n) is 7.05. The fraction of sp³-hybridized carbons (Fsp3) is 0.312. The molecule has 0 aliphatic rings. The van der Waals surface area contributed by atoms with Gasteiger partial charge in [0.25, 0.3) is 5.91 Å².